The van der Waals surface area contributed by atoms with E-state index in [-0.39, 0.29) is 5.56 Å². The van der Waals surface area contributed by atoms with Gasteiger partial charge >= 0.3 is 0 Å². The Morgan fingerprint density at radius 3 is 2.40 bits per heavy atom. The molecular formula is C18H14ClN5O. The molecule has 4 aromatic rings. The predicted octanol–water partition coefficient (Wildman–Crippen LogP) is 3.27. The van der Waals surface area contributed by atoms with Crippen LogP contribution in [-0.4, -0.2) is 26.1 Å². The van der Waals surface area contributed by atoms with Crippen molar-refractivity contribution >= 4 is 28.7 Å². The van der Waals surface area contributed by atoms with Crippen LogP contribution in [0.25, 0.3) is 22.5 Å². The van der Waals surface area contributed by atoms with Crippen molar-refractivity contribution in [3.63, 3.8) is 0 Å². The molecule has 2 heterocycles. The molecule has 0 aliphatic heterocycles. The average molecular weight is 352 g/mol. The number of rotatable bonds is 3. The summed E-state index contributed by atoms with van der Waals surface area (Å²) in [5.74, 6) is 0.428. The summed E-state index contributed by atoms with van der Waals surface area (Å²) in [6.45, 7) is 0. The number of benzene rings is 2. The second-order valence-electron chi connectivity index (χ2n) is 5.42. The van der Waals surface area contributed by atoms with Crippen LogP contribution in [0.1, 0.15) is 0 Å². The van der Waals surface area contributed by atoms with Crippen LogP contribution >= 0.6 is 11.6 Å². The Balaban J connectivity index is 2.00. The Labute approximate surface area is 148 Å². The average Bonchev–Trinajstić information content (AvgIpc) is 3.07. The number of hydrogen-bond acceptors (Lipinski definition) is 4. The first-order valence-electron chi connectivity index (χ1n) is 7.68. The monoisotopic (exact) mass is 351 g/mol. The van der Waals surface area contributed by atoms with Gasteiger partial charge in [0.1, 0.15) is 6.33 Å². The molecule has 7 heteroatoms. The number of aromatic nitrogens is 4. The molecule has 0 fully saturated rings. The molecule has 0 saturated heterocycles. The minimum atomic E-state index is -0.244. The second-order valence-corrected chi connectivity index (χ2v) is 5.86. The summed E-state index contributed by atoms with van der Waals surface area (Å²) in [5.41, 5.74) is 2.13. The van der Waals surface area contributed by atoms with Gasteiger partial charge in [-0.15, -0.1) is 0 Å². The fraction of sp³-hybridized carbons (Fsp3) is 0.0556. The van der Waals surface area contributed by atoms with Crippen LogP contribution < -0.4 is 10.9 Å². The normalized spacial score (nSPS) is 11.0. The molecule has 0 saturated carbocycles. The first-order chi connectivity index (χ1) is 12.2. The molecule has 0 bridgehead atoms. The Morgan fingerprint density at radius 1 is 1.00 bits per heavy atom. The van der Waals surface area contributed by atoms with Gasteiger partial charge in [0.25, 0.3) is 5.56 Å². The van der Waals surface area contributed by atoms with Crippen molar-refractivity contribution in [1.82, 2.24) is 19.1 Å². The zero-order valence-corrected chi connectivity index (χ0v) is 14.1. The third-order valence-electron chi connectivity index (χ3n) is 3.91. The zero-order valence-electron chi connectivity index (χ0n) is 13.3. The number of anilines is 1. The SMILES string of the molecule is CNc1nc2c(ncn2-c2ccccc2)c(=O)n1-c1ccc(Cl)cc1. The standard InChI is InChI=1S/C18H14ClN5O/c1-20-18-22-16-15(21-11-23(16)13-5-3-2-4-6-13)17(25)24(18)14-9-7-12(19)8-10-14/h2-11H,1H3,(H,20,22). The highest BCUT2D eigenvalue weighted by atomic mass is 35.5. The number of fused-ring (bicyclic) bond motifs is 1. The van der Waals surface area contributed by atoms with E-state index in [4.69, 9.17) is 11.6 Å². The Bertz CT molecular complexity index is 1100. The highest BCUT2D eigenvalue weighted by Gasteiger charge is 2.16. The molecule has 0 aliphatic carbocycles. The number of halogens is 1. The van der Waals surface area contributed by atoms with E-state index in [9.17, 15) is 4.79 Å². The van der Waals surface area contributed by atoms with Gasteiger partial charge < -0.3 is 5.32 Å². The quantitative estimate of drug-likeness (QED) is 0.615. The second kappa shape index (κ2) is 6.07. The maximum absolute atomic E-state index is 13.0. The van der Waals surface area contributed by atoms with E-state index in [1.54, 1.807) is 42.2 Å². The molecular weight excluding hydrogens is 338 g/mol. The van der Waals surface area contributed by atoms with Crippen LogP contribution in [0.15, 0.2) is 65.7 Å². The summed E-state index contributed by atoms with van der Waals surface area (Å²) in [6.07, 6.45) is 1.61. The third-order valence-corrected chi connectivity index (χ3v) is 4.17. The minimum Gasteiger partial charge on any atom is -0.358 e. The lowest BCUT2D eigenvalue weighted by molar-refractivity contribution is 0.954. The molecule has 0 aliphatic rings. The molecule has 4 rings (SSSR count). The van der Waals surface area contributed by atoms with Crippen LogP contribution in [0.4, 0.5) is 5.95 Å². The number of hydrogen-bond donors (Lipinski definition) is 1. The lowest BCUT2D eigenvalue weighted by atomic mass is 10.3. The van der Waals surface area contributed by atoms with Gasteiger partial charge in [0.05, 0.1) is 5.69 Å². The van der Waals surface area contributed by atoms with Gasteiger partial charge in [0, 0.05) is 17.8 Å². The molecule has 0 amide bonds. The van der Waals surface area contributed by atoms with Crippen LogP contribution in [0.5, 0.6) is 0 Å². The molecule has 1 N–H and O–H groups in total. The van der Waals surface area contributed by atoms with Crippen molar-refractivity contribution in [3.8, 4) is 11.4 Å². The summed E-state index contributed by atoms with van der Waals surface area (Å²) < 4.78 is 3.28. The Hall–Kier alpha value is -3.12. The fourth-order valence-corrected chi connectivity index (χ4v) is 2.85. The maximum atomic E-state index is 13.0. The largest absolute Gasteiger partial charge is 0.358 e. The molecule has 2 aromatic carbocycles. The molecule has 6 nitrogen and oxygen atoms in total. The number of nitrogens with zero attached hydrogens (tertiary/aromatic N) is 4. The van der Waals surface area contributed by atoms with Gasteiger partial charge in [0.2, 0.25) is 5.95 Å². The van der Waals surface area contributed by atoms with Gasteiger partial charge in [-0.1, -0.05) is 29.8 Å². The van der Waals surface area contributed by atoms with Crippen LogP contribution in [-0.2, 0) is 0 Å². The van der Waals surface area contributed by atoms with Crippen molar-refractivity contribution in [3.05, 3.63) is 76.3 Å². The van der Waals surface area contributed by atoms with E-state index in [1.807, 2.05) is 30.3 Å². The van der Waals surface area contributed by atoms with E-state index in [0.717, 1.165) is 5.69 Å². The first kappa shape index (κ1) is 15.4. The summed E-state index contributed by atoms with van der Waals surface area (Å²) in [7, 11) is 1.73. The predicted molar refractivity (Wildman–Crippen MR) is 99.0 cm³/mol. The van der Waals surface area contributed by atoms with Crippen LogP contribution in [0.2, 0.25) is 5.02 Å². The van der Waals surface area contributed by atoms with Crippen molar-refractivity contribution < 1.29 is 0 Å². The summed E-state index contributed by atoms with van der Waals surface area (Å²) >= 11 is 5.94. The molecule has 0 spiro atoms. The van der Waals surface area contributed by atoms with Crippen LogP contribution in [0, 0.1) is 0 Å². The van der Waals surface area contributed by atoms with Gasteiger partial charge in [0.15, 0.2) is 11.2 Å². The van der Waals surface area contributed by atoms with Crippen molar-refractivity contribution in [2.45, 2.75) is 0 Å². The number of para-hydroxylation sites is 1. The Morgan fingerprint density at radius 2 is 1.72 bits per heavy atom. The van der Waals surface area contributed by atoms with Crippen LogP contribution in [0.3, 0.4) is 0 Å². The van der Waals surface area contributed by atoms with E-state index in [0.29, 0.717) is 27.8 Å². The van der Waals surface area contributed by atoms with Gasteiger partial charge in [-0.05, 0) is 36.4 Å². The van der Waals surface area contributed by atoms with E-state index < -0.39 is 0 Å². The number of imidazole rings is 1. The summed E-state index contributed by atoms with van der Waals surface area (Å²) in [6, 6.07) is 16.7. The van der Waals surface area contributed by atoms with Crippen molar-refractivity contribution in [2.24, 2.45) is 0 Å². The minimum absolute atomic E-state index is 0.244. The maximum Gasteiger partial charge on any atom is 0.287 e. The number of nitrogens with one attached hydrogen (secondary N) is 1. The lowest BCUT2D eigenvalue weighted by Crippen LogP contribution is -2.23. The lowest BCUT2D eigenvalue weighted by Gasteiger charge is -2.12. The smallest absolute Gasteiger partial charge is 0.287 e. The highest BCUT2D eigenvalue weighted by molar-refractivity contribution is 6.30. The summed E-state index contributed by atoms with van der Waals surface area (Å²) in [4.78, 5) is 21.9. The van der Waals surface area contributed by atoms with Crippen molar-refractivity contribution in [2.75, 3.05) is 12.4 Å². The van der Waals surface area contributed by atoms with Gasteiger partial charge in [-0.3, -0.25) is 9.36 Å². The molecule has 25 heavy (non-hydrogen) atoms. The third kappa shape index (κ3) is 2.56. The molecule has 124 valence electrons. The van der Waals surface area contributed by atoms with E-state index >= 15 is 0 Å². The van der Waals surface area contributed by atoms with Gasteiger partial charge in [-0.25, -0.2) is 9.55 Å². The molecule has 0 unspecified atom stereocenters. The van der Waals surface area contributed by atoms with Gasteiger partial charge in [-0.2, -0.15) is 4.98 Å². The van der Waals surface area contributed by atoms with E-state index in [1.165, 1.54) is 4.57 Å². The highest BCUT2D eigenvalue weighted by Crippen LogP contribution is 2.19. The topological polar surface area (TPSA) is 64.7 Å². The molecule has 0 radical (unpaired) electrons. The summed E-state index contributed by atoms with van der Waals surface area (Å²) in [5, 5.41) is 3.59. The first-order valence-corrected chi connectivity index (χ1v) is 8.06. The molecule has 2 aromatic heterocycles. The fourth-order valence-electron chi connectivity index (χ4n) is 2.73. The Kier molecular flexibility index (Phi) is 3.74. The van der Waals surface area contributed by atoms with E-state index in [2.05, 4.69) is 15.3 Å². The molecule has 0 atom stereocenters. The van der Waals surface area contributed by atoms with Crippen molar-refractivity contribution in [1.29, 1.82) is 0 Å². The zero-order chi connectivity index (χ0) is 17.4.